The number of halogens is 2. The van der Waals surface area contributed by atoms with E-state index in [2.05, 4.69) is 27.0 Å². The molecule has 8 nitrogen and oxygen atoms in total. The number of carbonyl (C=O) groups excluding carboxylic acids is 1. The summed E-state index contributed by atoms with van der Waals surface area (Å²) in [5, 5.41) is 9.45. The van der Waals surface area contributed by atoms with E-state index >= 15 is 0 Å². The third kappa shape index (κ3) is 4.88. The molecule has 2 aromatic rings. The molecule has 2 aromatic heterocycles. The molecule has 0 aliphatic carbocycles. The molecule has 1 aliphatic heterocycles. The Morgan fingerprint density at radius 3 is 3.00 bits per heavy atom. The maximum absolute atomic E-state index is 12.6. The zero-order valence-corrected chi connectivity index (χ0v) is 15.2. The molecule has 1 aliphatic rings. The van der Waals surface area contributed by atoms with Crippen molar-refractivity contribution in [1.29, 1.82) is 0 Å². The zero-order valence-electron chi connectivity index (χ0n) is 14.3. The predicted molar refractivity (Wildman–Crippen MR) is 97.0 cm³/mol. The number of aliphatic imine (C=N–C) groups is 1. The van der Waals surface area contributed by atoms with Gasteiger partial charge in [-0.05, 0) is 11.6 Å². The van der Waals surface area contributed by atoms with Crippen molar-refractivity contribution in [2.45, 2.75) is 6.55 Å². The van der Waals surface area contributed by atoms with Gasteiger partial charge in [0, 0.05) is 30.9 Å². The first kappa shape index (κ1) is 19.0. The molecule has 0 unspecified atom stereocenters. The molecule has 0 radical (unpaired) electrons. The number of hydrogen-bond acceptors (Lipinski definition) is 6. The SMILES string of the molecule is C=C(CN=C(NCCN1CCOC1=O)c1nccs1)c1ccn(C(F)F)n1. The number of aromatic nitrogens is 3. The van der Waals surface area contributed by atoms with E-state index in [1.165, 1.54) is 23.6 Å². The van der Waals surface area contributed by atoms with Gasteiger partial charge in [-0.3, -0.25) is 4.99 Å². The lowest BCUT2D eigenvalue weighted by molar-refractivity contribution is 0.0565. The minimum Gasteiger partial charge on any atom is -0.448 e. The molecule has 0 aromatic carbocycles. The number of cyclic esters (lactones) is 1. The highest BCUT2D eigenvalue weighted by Gasteiger charge is 2.21. The van der Waals surface area contributed by atoms with Crippen LogP contribution in [-0.2, 0) is 4.74 Å². The van der Waals surface area contributed by atoms with E-state index in [1.807, 2.05) is 5.38 Å². The average Bonchev–Trinajstić information content (AvgIpc) is 3.39. The van der Waals surface area contributed by atoms with E-state index in [-0.39, 0.29) is 12.6 Å². The van der Waals surface area contributed by atoms with Crippen molar-refractivity contribution in [2.24, 2.45) is 4.99 Å². The quantitative estimate of drug-likeness (QED) is 0.546. The van der Waals surface area contributed by atoms with E-state index in [0.29, 0.717) is 53.0 Å². The molecule has 1 fully saturated rings. The van der Waals surface area contributed by atoms with Gasteiger partial charge in [-0.15, -0.1) is 11.3 Å². The summed E-state index contributed by atoms with van der Waals surface area (Å²) in [5.41, 5.74) is 0.866. The van der Waals surface area contributed by atoms with Gasteiger partial charge in [0.15, 0.2) is 10.8 Å². The molecule has 27 heavy (non-hydrogen) atoms. The number of amidine groups is 1. The largest absolute Gasteiger partial charge is 0.448 e. The first-order chi connectivity index (χ1) is 13.0. The summed E-state index contributed by atoms with van der Waals surface area (Å²) in [6.07, 6.45) is 2.53. The van der Waals surface area contributed by atoms with Gasteiger partial charge in [0.2, 0.25) is 0 Å². The summed E-state index contributed by atoms with van der Waals surface area (Å²) < 4.78 is 30.7. The number of thiazole rings is 1. The van der Waals surface area contributed by atoms with Gasteiger partial charge in [-0.1, -0.05) is 6.58 Å². The van der Waals surface area contributed by atoms with Gasteiger partial charge in [0.25, 0.3) is 0 Å². The van der Waals surface area contributed by atoms with Gasteiger partial charge >= 0.3 is 12.6 Å². The van der Waals surface area contributed by atoms with E-state index < -0.39 is 6.55 Å². The van der Waals surface area contributed by atoms with Gasteiger partial charge in [-0.2, -0.15) is 13.9 Å². The Morgan fingerprint density at radius 1 is 1.52 bits per heavy atom. The van der Waals surface area contributed by atoms with Crippen molar-refractivity contribution in [3.05, 3.63) is 41.1 Å². The zero-order chi connectivity index (χ0) is 19.2. The summed E-state index contributed by atoms with van der Waals surface area (Å²) in [7, 11) is 0. The van der Waals surface area contributed by atoms with Gasteiger partial charge in [0.05, 0.1) is 18.8 Å². The maximum Gasteiger partial charge on any atom is 0.409 e. The maximum atomic E-state index is 12.6. The molecule has 0 atom stereocenters. The molecule has 144 valence electrons. The highest BCUT2D eigenvalue weighted by Crippen LogP contribution is 2.15. The Hall–Kier alpha value is -2.82. The summed E-state index contributed by atoms with van der Waals surface area (Å²) in [4.78, 5) is 21.8. The van der Waals surface area contributed by atoms with Crippen LogP contribution in [0.4, 0.5) is 13.6 Å². The summed E-state index contributed by atoms with van der Waals surface area (Å²) in [6, 6.07) is 1.47. The second-order valence-electron chi connectivity index (χ2n) is 5.59. The fourth-order valence-corrected chi connectivity index (χ4v) is 2.99. The number of carbonyl (C=O) groups is 1. The smallest absolute Gasteiger partial charge is 0.409 e. The topological polar surface area (TPSA) is 84.6 Å². The van der Waals surface area contributed by atoms with E-state index in [0.717, 1.165) is 0 Å². The minimum atomic E-state index is -2.69. The Morgan fingerprint density at radius 2 is 2.37 bits per heavy atom. The third-order valence-electron chi connectivity index (χ3n) is 3.75. The molecule has 0 spiro atoms. The normalized spacial score (nSPS) is 14.7. The highest BCUT2D eigenvalue weighted by molar-refractivity contribution is 7.11. The standard InChI is InChI=1S/C16H18F2N6O2S/c1-11(12-2-5-24(22-12)15(17)18)10-21-13(14-20-4-9-27-14)19-3-6-23-7-8-26-16(23)25/h2,4-5,9,15H,1,3,6-8,10H2,(H,19,21). The molecule has 1 N–H and O–H groups in total. The van der Waals surface area contributed by atoms with Crippen molar-refractivity contribution in [2.75, 3.05) is 32.8 Å². The van der Waals surface area contributed by atoms with Crippen molar-refractivity contribution in [1.82, 2.24) is 25.0 Å². The number of alkyl halides is 2. The first-order valence-corrected chi connectivity index (χ1v) is 9.04. The predicted octanol–water partition coefficient (Wildman–Crippen LogP) is 2.24. The van der Waals surface area contributed by atoms with Crippen LogP contribution in [-0.4, -0.2) is 64.4 Å². The Labute approximate surface area is 158 Å². The molecule has 1 saturated heterocycles. The molecule has 0 bridgehead atoms. The lowest BCUT2D eigenvalue weighted by atomic mass is 10.2. The van der Waals surface area contributed by atoms with Crippen LogP contribution >= 0.6 is 11.3 Å². The molecule has 3 rings (SSSR count). The van der Waals surface area contributed by atoms with Crippen LogP contribution in [0.5, 0.6) is 0 Å². The van der Waals surface area contributed by atoms with E-state index in [9.17, 15) is 13.6 Å². The van der Waals surface area contributed by atoms with E-state index in [4.69, 9.17) is 4.74 Å². The highest BCUT2D eigenvalue weighted by atomic mass is 32.1. The lowest BCUT2D eigenvalue weighted by Crippen LogP contribution is -2.36. The van der Waals surface area contributed by atoms with Crippen LogP contribution in [0.15, 0.2) is 35.4 Å². The third-order valence-corrected chi connectivity index (χ3v) is 4.53. The number of hydrogen-bond donors (Lipinski definition) is 1. The molecular formula is C16H18F2N6O2S. The molecule has 1 amide bonds. The number of amides is 1. The molecule has 0 saturated carbocycles. The fraction of sp³-hybridized carbons (Fsp3) is 0.375. The minimum absolute atomic E-state index is 0.175. The average molecular weight is 396 g/mol. The summed E-state index contributed by atoms with van der Waals surface area (Å²) >= 11 is 1.41. The first-order valence-electron chi connectivity index (χ1n) is 8.16. The van der Waals surface area contributed by atoms with Crippen LogP contribution in [0.2, 0.25) is 0 Å². The number of ether oxygens (including phenoxy) is 1. The molecule has 11 heteroatoms. The van der Waals surface area contributed by atoms with Crippen molar-refractivity contribution < 1.29 is 18.3 Å². The van der Waals surface area contributed by atoms with Crippen LogP contribution in [0.25, 0.3) is 5.57 Å². The van der Waals surface area contributed by atoms with Crippen molar-refractivity contribution >= 4 is 28.8 Å². The Balaban J connectivity index is 1.61. The molecular weight excluding hydrogens is 378 g/mol. The van der Waals surface area contributed by atoms with Crippen molar-refractivity contribution in [3.8, 4) is 0 Å². The Kier molecular flexibility index (Phi) is 6.12. The number of nitrogens with zero attached hydrogens (tertiary/aromatic N) is 5. The van der Waals surface area contributed by atoms with Crippen LogP contribution in [0.1, 0.15) is 17.3 Å². The van der Waals surface area contributed by atoms with Gasteiger partial charge in [-0.25, -0.2) is 14.5 Å². The fourth-order valence-electron chi connectivity index (χ4n) is 2.37. The van der Waals surface area contributed by atoms with Gasteiger partial charge < -0.3 is 15.0 Å². The summed E-state index contributed by atoms with van der Waals surface area (Å²) in [5.74, 6) is 0.548. The second-order valence-corrected chi connectivity index (χ2v) is 6.49. The van der Waals surface area contributed by atoms with E-state index in [1.54, 1.807) is 11.1 Å². The number of rotatable bonds is 8. The lowest BCUT2D eigenvalue weighted by Gasteiger charge is -2.14. The Bertz CT molecular complexity index is 821. The summed E-state index contributed by atoms with van der Waals surface area (Å²) in [6.45, 7) is 3.25. The van der Waals surface area contributed by atoms with Crippen LogP contribution < -0.4 is 5.32 Å². The van der Waals surface area contributed by atoms with Crippen molar-refractivity contribution in [3.63, 3.8) is 0 Å². The number of nitrogens with one attached hydrogen (secondary N) is 1. The molecule has 3 heterocycles. The monoisotopic (exact) mass is 396 g/mol. The van der Waals surface area contributed by atoms with Crippen LogP contribution in [0.3, 0.4) is 0 Å². The van der Waals surface area contributed by atoms with Crippen LogP contribution in [0, 0.1) is 0 Å². The van der Waals surface area contributed by atoms with Gasteiger partial charge in [0.1, 0.15) is 6.61 Å². The second kappa shape index (κ2) is 8.71.